The van der Waals surface area contributed by atoms with Gasteiger partial charge >= 0.3 is 0 Å². The van der Waals surface area contributed by atoms with Gasteiger partial charge in [0, 0.05) is 42.3 Å². The highest BCUT2D eigenvalue weighted by atomic mass is 79.9. The van der Waals surface area contributed by atoms with Gasteiger partial charge in [-0.2, -0.15) is 0 Å². The van der Waals surface area contributed by atoms with E-state index in [1.165, 1.54) is 0 Å². The van der Waals surface area contributed by atoms with Crippen LogP contribution in [0, 0.1) is 0 Å². The topological polar surface area (TPSA) is 43.0 Å². The van der Waals surface area contributed by atoms with E-state index >= 15 is 0 Å². The number of nitrogens with zero attached hydrogens (tertiary/aromatic N) is 2. The van der Waals surface area contributed by atoms with Gasteiger partial charge in [0.15, 0.2) is 0 Å². The molecule has 4 nitrogen and oxygen atoms in total. The smallest absolute Gasteiger partial charge is 0.134 e. The van der Waals surface area contributed by atoms with Crippen LogP contribution in [0.3, 0.4) is 0 Å². The first-order valence-corrected chi connectivity index (χ1v) is 7.81. The van der Waals surface area contributed by atoms with Crippen LogP contribution in [0.5, 0.6) is 0 Å². The van der Waals surface area contributed by atoms with Gasteiger partial charge in [0.2, 0.25) is 0 Å². The fourth-order valence-corrected chi connectivity index (χ4v) is 2.77. The van der Waals surface area contributed by atoms with Crippen molar-refractivity contribution in [2.75, 3.05) is 6.54 Å². The largest absolute Gasteiger partial charge is 0.459 e. The average molecular weight is 348 g/mol. The van der Waals surface area contributed by atoms with Gasteiger partial charge in [-0.15, -0.1) is 0 Å². The maximum absolute atomic E-state index is 5.89. The molecule has 110 valence electrons. The summed E-state index contributed by atoms with van der Waals surface area (Å²) in [6, 6.07) is 8.33. The minimum absolute atomic E-state index is 0.177. The maximum atomic E-state index is 5.89. The highest BCUT2D eigenvalue weighted by molar-refractivity contribution is 9.10. The van der Waals surface area contributed by atoms with E-state index in [-0.39, 0.29) is 6.04 Å². The molecule has 1 N–H and O–H groups in total. The maximum Gasteiger partial charge on any atom is 0.134 e. The van der Waals surface area contributed by atoms with Crippen LogP contribution in [-0.2, 0) is 13.5 Å². The van der Waals surface area contributed by atoms with Crippen LogP contribution in [0.25, 0.3) is 11.0 Å². The first kappa shape index (κ1) is 14.4. The van der Waals surface area contributed by atoms with Crippen LogP contribution in [0.2, 0.25) is 0 Å². The number of fused-ring (bicyclic) bond motifs is 1. The Balaban J connectivity index is 1.64. The molecule has 0 bridgehead atoms. The van der Waals surface area contributed by atoms with Crippen molar-refractivity contribution >= 4 is 26.9 Å². The zero-order valence-electron chi connectivity index (χ0n) is 12.1. The molecule has 0 aliphatic carbocycles. The van der Waals surface area contributed by atoms with Crippen molar-refractivity contribution in [1.29, 1.82) is 0 Å². The quantitative estimate of drug-likeness (QED) is 0.762. The number of hydrogen-bond donors (Lipinski definition) is 1. The van der Waals surface area contributed by atoms with E-state index in [0.29, 0.717) is 0 Å². The summed E-state index contributed by atoms with van der Waals surface area (Å²) < 4.78 is 9.01. The van der Waals surface area contributed by atoms with Gasteiger partial charge in [0.05, 0.1) is 6.04 Å². The Labute approximate surface area is 132 Å². The molecule has 0 spiro atoms. The van der Waals surface area contributed by atoms with Crippen molar-refractivity contribution in [3.05, 3.63) is 52.7 Å². The monoisotopic (exact) mass is 347 g/mol. The summed E-state index contributed by atoms with van der Waals surface area (Å²) in [5.74, 6) is 2.05. The zero-order chi connectivity index (χ0) is 14.8. The third-order valence-corrected chi connectivity index (χ3v) is 4.14. The molecule has 21 heavy (non-hydrogen) atoms. The molecule has 0 aliphatic rings. The van der Waals surface area contributed by atoms with Crippen molar-refractivity contribution in [2.45, 2.75) is 19.4 Å². The Morgan fingerprint density at radius 1 is 1.38 bits per heavy atom. The highest BCUT2D eigenvalue weighted by Crippen LogP contribution is 2.26. The van der Waals surface area contributed by atoms with E-state index in [9.17, 15) is 0 Å². The summed E-state index contributed by atoms with van der Waals surface area (Å²) in [5.41, 5.74) is 0.922. The van der Waals surface area contributed by atoms with Gasteiger partial charge in [0.25, 0.3) is 0 Å². The van der Waals surface area contributed by atoms with Crippen molar-refractivity contribution in [1.82, 2.24) is 14.9 Å². The van der Waals surface area contributed by atoms with Gasteiger partial charge in [-0.25, -0.2) is 4.98 Å². The molecule has 2 aromatic heterocycles. The second-order valence-electron chi connectivity index (χ2n) is 5.21. The standard InChI is InChI=1S/C16H18BrN3O/c1-11(18-6-5-16-19-7-8-20(16)2)15-10-12-9-13(17)3-4-14(12)21-15/h3-4,7-11,18H,5-6H2,1-2H3. The molecule has 3 rings (SSSR count). The molecule has 1 unspecified atom stereocenters. The SMILES string of the molecule is CC(NCCc1nccn1C)c1cc2cc(Br)ccc2o1. The minimum Gasteiger partial charge on any atom is -0.459 e. The van der Waals surface area contributed by atoms with Crippen LogP contribution >= 0.6 is 15.9 Å². The van der Waals surface area contributed by atoms with Crippen LogP contribution < -0.4 is 5.32 Å². The zero-order valence-corrected chi connectivity index (χ0v) is 13.7. The van der Waals surface area contributed by atoms with Gasteiger partial charge in [0.1, 0.15) is 17.2 Å². The molecule has 5 heteroatoms. The number of aryl methyl sites for hydroxylation is 1. The predicted octanol–water partition coefficient (Wildman–Crippen LogP) is 3.82. The molecule has 0 amide bonds. The third kappa shape index (κ3) is 3.19. The highest BCUT2D eigenvalue weighted by Gasteiger charge is 2.11. The summed E-state index contributed by atoms with van der Waals surface area (Å²) in [7, 11) is 2.02. The lowest BCUT2D eigenvalue weighted by molar-refractivity contribution is 0.451. The van der Waals surface area contributed by atoms with Crippen molar-refractivity contribution < 1.29 is 4.42 Å². The summed E-state index contributed by atoms with van der Waals surface area (Å²) in [5, 5.41) is 4.60. The summed E-state index contributed by atoms with van der Waals surface area (Å²) >= 11 is 3.48. The number of benzene rings is 1. The molecule has 1 aromatic carbocycles. The number of rotatable bonds is 5. The lowest BCUT2D eigenvalue weighted by Crippen LogP contribution is -2.21. The van der Waals surface area contributed by atoms with Crippen LogP contribution in [-0.4, -0.2) is 16.1 Å². The van der Waals surface area contributed by atoms with E-state index in [4.69, 9.17) is 4.42 Å². The predicted molar refractivity (Wildman–Crippen MR) is 87.2 cm³/mol. The van der Waals surface area contributed by atoms with Gasteiger partial charge in [-0.1, -0.05) is 15.9 Å². The first-order valence-electron chi connectivity index (χ1n) is 7.02. The molecule has 0 radical (unpaired) electrons. The summed E-state index contributed by atoms with van der Waals surface area (Å²) in [6.07, 6.45) is 4.70. The van der Waals surface area contributed by atoms with Gasteiger partial charge < -0.3 is 14.3 Å². The number of nitrogens with one attached hydrogen (secondary N) is 1. The molecule has 0 aliphatic heterocycles. The minimum atomic E-state index is 0.177. The number of hydrogen-bond acceptors (Lipinski definition) is 3. The van der Waals surface area contributed by atoms with E-state index in [1.54, 1.807) is 0 Å². The second-order valence-corrected chi connectivity index (χ2v) is 6.13. The Bertz CT molecular complexity index is 747. The molecule has 0 fully saturated rings. The molecule has 1 atom stereocenters. The number of furan rings is 1. The van der Waals surface area contributed by atoms with E-state index < -0.39 is 0 Å². The molecule has 0 saturated carbocycles. The fourth-order valence-electron chi connectivity index (χ4n) is 2.39. The Hall–Kier alpha value is -1.59. The van der Waals surface area contributed by atoms with Crippen LogP contribution in [0.15, 0.2) is 45.5 Å². The molecule has 3 aromatic rings. The van der Waals surface area contributed by atoms with Crippen molar-refractivity contribution in [2.24, 2.45) is 7.05 Å². The van der Waals surface area contributed by atoms with E-state index in [1.807, 2.05) is 36.1 Å². The Kier molecular flexibility index (Phi) is 4.12. The van der Waals surface area contributed by atoms with Crippen LogP contribution in [0.4, 0.5) is 0 Å². The Morgan fingerprint density at radius 3 is 3.00 bits per heavy atom. The lowest BCUT2D eigenvalue weighted by atomic mass is 10.2. The fraction of sp³-hybridized carbons (Fsp3) is 0.312. The van der Waals surface area contributed by atoms with Crippen LogP contribution in [0.1, 0.15) is 24.6 Å². The number of imidazole rings is 1. The van der Waals surface area contributed by atoms with E-state index in [2.05, 4.69) is 45.3 Å². The third-order valence-electron chi connectivity index (χ3n) is 3.64. The molecular weight excluding hydrogens is 330 g/mol. The first-order chi connectivity index (χ1) is 10.1. The number of halogens is 1. The van der Waals surface area contributed by atoms with Crippen molar-refractivity contribution in [3.8, 4) is 0 Å². The summed E-state index contributed by atoms with van der Waals surface area (Å²) in [4.78, 5) is 4.32. The van der Waals surface area contributed by atoms with E-state index in [0.717, 1.165) is 40.0 Å². The average Bonchev–Trinajstić information content (AvgIpc) is 3.05. The van der Waals surface area contributed by atoms with Crippen molar-refractivity contribution in [3.63, 3.8) is 0 Å². The van der Waals surface area contributed by atoms with Gasteiger partial charge in [-0.05, 0) is 31.2 Å². The van der Waals surface area contributed by atoms with Gasteiger partial charge in [-0.3, -0.25) is 0 Å². The molecule has 2 heterocycles. The second kappa shape index (κ2) is 6.03. The lowest BCUT2D eigenvalue weighted by Gasteiger charge is -2.10. The molecule has 0 saturated heterocycles. The Morgan fingerprint density at radius 2 is 2.24 bits per heavy atom. The normalized spacial score (nSPS) is 12.9. The summed E-state index contributed by atoms with van der Waals surface area (Å²) in [6.45, 7) is 2.98. The molecular formula is C16H18BrN3O. The number of aromatic nitrogens is 2.